The summed E-state index contributed by atoms with van der Waals surface area (Å²) >= 11 is 0. The molecule has 2 aromatic rings. The molecule has 1 aliphatic carbocycles. The van der Waals surface area contributed by atoms with E-state index in [1.54, 1.807) is 24.3 Å². The topological polar surface area (TPSA) is 117 Å². The third kappa shape index (κ3) is 6.02. The first-order chi connectivity index (χ1) is 15.5. The normalized spacial score (nSPS) is 12.8. The van der Waals surface area contributed by atoms with Crippen molar-refractivity contribution < 1.29 is 17.9 Å². The Bertz CT molecular complexity index is 1240. The van der Waals surface area contributed by atoms with Gasteiger partial charge in [-0.15, -0.1) is 5.92 Å². The highest BCUT2D eigenvalue weighted by molar-refractivity contribution is 6.46. The van der Waals surface area contributed by atoms with Gasteiger partial charge in [0.15, 0.2) is 11.5 Å². The average molecular weight is 430 g/mol. The van der Waals surface area contributed by atoms with Gasteiger partial charge in [-0.3, -0.25) is 10.2 Å². The molecule has 6 heteroatoms. The fourth-order valence-corrected chi connectivity index (χ4v) is 2.82. The molecule has 0 atom stereocenters. The standard InChI is InChI=1S/C24H17N3O3.C2H6.2H2/c25-15-19-18(17-11-12-22(28)23(29)14-17)9-6-10-21(19)27-24(30)20(26)13-16-7-4-2-1-3-5-8-16;1-2;;/h6,9-14,26,28-29H,1-2,8H2,(H,27,30);1-2H3;2*1H/b16-13+,26-20?;;;. The first kappa shape index (κ1) is 23.8. The Balaban J connectivity index is 0.00000265. The quantitative estimate of drug-likeness (QED) is 0.302. The number of phenolic OH excluding ortho intramolecular Hbond substituents is 2. The van der Waals surface area contributed by atoms with Crippen molar-refractivity contribution in [1.82, 2.24) is 0 Å². The summed E-state index contributed by atoms with van der Waals surface area (Å²) < 4.78 is 0. The highest BCUT2D eigenvalue weighted by Gasteiger charge is 2.15. The molecular formula is C26H27N3O3. The average Bonchev–Trinajstić information content (AvgIpc) is 2.78. The Morgan fingerprint density at radius 3 is 2.62 bits per heavy atom. The van der Waals surface area contributed by atoms with Crippen LogP contribution in [0.15, 0.2) is 48.0 Å². The SMILES string of the molecule is CC.N#Cc1c(NC(=O)C(=N)/C=C2\C#CCCC#CC2)cccc1-c1ccc(O)c(O)c1.[HH].[HH]. The van der Waals surface area contributed by atoms with E-state index in [4.69, 9.17) is 5.41 Å². The summed E-state index contributed by atoms with van der Waals surface area (Å²) in [4.78, 5) is 12.5. The van der Waals surface area contributed by atoms with Crippen LogP contribution in [-0.2, 0) is 4.79 Å². The molecule has 0 aliphatic heterocycles. The number of carbonyl (C=O) groups excluding carboxylic acids is 1. The highest BCUT2D eigenvalue weighted by Crippen LogP contribution is 2.34. The zero-order chi connectivity index (χ0) is 23.5. The van der Waals surface area contributed by atoms with E-state index < -0.39 is 5.91 Å². The predicted octanol–water partition coefficient (Wildman–Crippen LogP) is 5.23. The molecule has 0 radical (unpaired) electrons. The maximum Gasteiger partial charge on any atom is 0.273 e. The van der Waals surface area contributed by atoms with Crippen LogP contribution in [0, 0.1) is 40.4 Å². The van der Waals surface area contributed by atoms with E-state index in [9.17, 15) is 20.3 Å². The Morgan fingerprint density at radius 2 is 1.91 bits per heavy atom. The third-order valence-corrected chi connectivity index (χ3v) is 4.30. The number of hydrogen-bond donors (Lipinski definition) is 4. The smallest absolute Gasteiger partial charge is 0.273 e. The fourth-order valence-electron chi connectivity index (χ4n) is 2.82. The van der Waals surface area contributed by atoms with Gasteiger partial charge in [-0.2, -0.15) is 5.26 Å². The Morgan fingerprint density at radius 1 is 1.16 bits per heavy atom. The third-order valence-electron chi connectivity index (χ3n) is 4.30. The lowest BCUT2D eigenvalue weighted by Gasteiger charge is -2.11. The molecule has 0 unspecified atom stereocenters. The Labute approximate surface area is 190 Å². The number of benzene rings is 2. The first-order valence-electron chi connectivity index (χ1n) is 10.1. The van der Waals surface area contributed by atoms with E-state index in [1.165, 1.54) is 18.2 Å². The zero-order valence-corrected chi connectivity index (χ0v) is 17.9. The molecule has 6 nitrogen and oxygen atoms in total. The second kappa shape index (κ2) is 11.6. The number of hydrogen-bond acceptors (Lipinski definition) is 5. The molecule has 1 amide bonds. The van der Waals surface area contributed by atoms with E-state index >= 15 is 0 Å². The molecule has 0 spiro atoms. The minimum absolute atomic E-state index is 0. The number of allylic oxidation sites excluding steroid dienone is 1. The second-order valence-electron chi connectivity index (χ2n) is 6.41. The van der Waals surface area contributed by atoms with Crippen LogP contribution in [0.1, 0.15) is 41.5 Å². The molecule has 4 N–H and O–H groups in total. The van der Waals surface area contributed by atoms with Crippen LogP contribution in [0.4, 0.5) is 5.69 Å². The van der Waals surface area contributed by atoms with Crippen LogP contribution in [0.2, 0.25) is 0 Å². The molecule has 3 rings (SSSR count). The fraction of sp³-hybridized carbons (Fsp3) is 0.192. The van der Waals surface area contributed by atoms with Crippen molar-refractivity contribution in [1.29, 1.82) is 10.7 Å². The summed E-state index contributed by atoms with van der Waals surface area (Å²) in [5.74, 6) is 10.5. The van der Waals surface area contributed by atoms with Gasteiger partial charge in [-0.1, -0.05) is 49.8 Å². The van der Waals surface area contributed by atoms with Crippen LogP contribution >= 0.6 is 0 Å². The number of phenols is 2. The van der Waals surface area contributed by atoms with Crippen molar-refractivity contribution in [2.24, 2.45) is 0 Å². The van der Waals surface area contributed by atoms with Crippen molar-refractivity contribution in [3.63, 3.8) is 0 Å². The van der Waals surface area contributed by atoms with Gasteiger partial charge in [0.2, 0.25) is 0 Å². The lowest BCUT2D eigenvalue weighted by Crippen LogP contribution is -2.21. The summed E-state index contributed by atoms with van der Waals surface area (Å²) in [6.45, 7) is 4.00. The first-order valence-corrected chi connectivity index (χ1v) is 10.1. The highest BCUT2D eigenvalue weighted by atomic mass is 16.3. The predicted molar refractivity (Wildman–Crippen MR) is 129 cm³/mol. The molecule has 0 saturated carbocycles. The summed E-state index contributed by atoms with van der Waals surface area (Å²) in [5.41, 5.74) is 1.68. The van der Waals surface area contributed by atoms with Gasteiger partial charge in [0.05, 0.1) is 11.3 Å². The zero-order valence-electron chi connectivity index (χ0n) is 17.9. The van der Waals surface area contributed by atoms with Crippen LogP contribution in [-0.4, -0.2) is 21.8 Å². The van der Waals surface area contributed by atoms with Crippen LogP contribution in [0.3, 0.4) is 0 Å². The minimum Gasteiger partial charge on any atom is -0.504 e. The van der Waals surface area contributed by atoms with E-state index in [0.29, 0.717) is 36.0 Å². The molecule has 0 fully saturated rings. The van der Waals surface area contributed by atoms with Gasteiger partial charge in [0.1, 0.15) is 11.8 Å². The number of nitrogens with one attached hydrogen (secondary N) is 2. The number of rotatable bonds is 4. The number of carbonyl (C=O) groups is 1. The van der Waals surface area contributed by atoms with Gasteiger partial charge < -0.3 is 15.5 Å². The molecule has 0 bridgehead atoms. The van der Waals surface area contributed by atoms with Crippen molar-refractivity contribution in [3.8, 4) is 52.4 Å². The van der Waals surface area contributed by atoms with Gasteiger partial charge in [-0.05, 0) is 29.8 Å². The van der Waals surface area contributed by atoms with Crippen molar-refractivity contribution in [2.45, 2.75) is 33.1 Å². The van der Waals surface area contributed by atoms with Crippen molar-refractivity contribution >= 4 is 17.3 Å². The van der Waals surface area contributed by atoms with Crippen LogP contribution in [0.25, 0.3) is 11.1 Å². The molecule has 1 aliphatic rings. The monoisotopic (exact) mass is 429 g/mol. The molecule has 0 aromatic heterocycles. The summed E-state index contributed by atoms with van der Waals surface area (Å²) in [6, 6.07) is 11.1. The Hall–Kier alpha value is -4.47. The van der Waals surface area contributed by atoms with Crippen LogP contribution in [0.5, 0.6) is 11.5 Å². The summed E-state index contributed by atoms with van der Waals surface area (Å²) in [5, 5.41) is 39.5. The summed E-state index contributed by atoms with van der Waals surface area (Å²) in [6.07, 6.45) is 3.13. The van der Waals surface area contributed by atoms with Gasteiger partial charge >= 0.3 is 0 Å². The maximum atomic E-state index is 12.5. The van der Waals surface area contributed by atoms with Gasteiger partial charge in [0.25, 0.3) is 5.91 Å². The van der Waals surface area contributed by atoms with Crippen molar-refractivity contribution in [3.05, 3.63) is 53.6 Å². The molecule has 32 heavy (non-hydrogen) atoms. The summed E-state index contributed by atoms with van der Waals surface area (Å²) in [7, 11) is 0. The van der Waals surface area contributed by atoms with Crippen molar-refractivity contribution in [2.75, 3.05) is 5.32 Å². The largest absolute Gasteiger partial charge is 0.504 e. The molecule has 164 valence electrons. The van der Waals surface area contributed by atoms with E-state index in [1.807, 2.05) is 13.8 Å². The number of anilines is 1. The number of aromatic hydroxyl groups is 2. The van der Waals surface area contributed by atoms with Gasteiger partial charge in [0, 0.05) is 33.3 Å². The number of nitriles is 1. The number of nitrogens with zero attached hydrogens (tertiary/aromatic N) is 1. The molecule has 0 heterocycles. The van der Waals surface area contributed by atoms with E-state index in [0.717, 1.165) is 0 Å². The van der Waals surface area contributed by atoms with Gasteiger partial charge in [-0.25, -0.2) is 0 Å². The lowest BCUT2D eigenvalue weighted by atomic mass is 9.98. The molecule has 2 aromatic carbocycles. The van der Waals surface area contributed by atoms with E-state index in [-0.39, 0.29) is 31.3 Å². The second-order valence-corrected chi connectivity index (χ2v) is 6.41. The van der Waals surface area contributed by atoms with Crippen LogP contribution < -0.4 is 5.32 Å². The maximum absolute atomic E-state index is 12.5. The Kier molecular flexibility index (Phi) is 8.66. The van der Waals surface area contributed by atoms with E-state index in [2.05, 4.69) is 35.1 Å². The molecular weight excluding hydrogens is 402 g/mol. The minimum atomic E-state index is -0.679. The number of amides is 1. The molecule has 0 saturated heterocycles. The lowest BCUT2D eigenvalue weighted by molar-refractivity contribution is -0.110.